The molecule has 0 spiro atoms. The molecule has 1 aliphatic heterocycles. The number of hydrogen-bond donors (Lipinski definition) is 1. The lowest BCUT2D eigenvalue weighted by atomic mass is 10.0. The predicted molar refractivity (Wildman–Crippen MR) is 51.1 cm³/mol. The molecule has 0 bridgehead atoms. The summed E-state index contributed by atoms with van der Waals surface area (Å²) in [6.45, 7) is 7.16. The van der Waals surface area contributed by atoms with Gasteiger partial charge in [0.2, 0.25) is 0 Å². The summed E-state index contributed by atoms with van der Waals surface area (Å²) < 4.78 is 0. The quantitative estimate of drug-likeness (QED) is 0.692. The normalized spacial score (nSPS) is 31.2. The fraction of sp³-hybridized carbons (Fsp3) is 1.00. The van der Waals surface area contributed by atoms with E-state index in [-0.39, 0.29) is 0 Å². The van der Waals surface area contributed by atoms with E-state index in [1.807, 2.05) is 0 Å². The largest absolute Gasteiger partial charge is 0.395 e. The van der Waals surface area contributed by atoms with Gasteiger partial charge in [-0.1, -0.05) is 20.3 Å². The molecular weight excluding hydrogens is 150 g/mol. The third kappa shape index (κ3) is 2.20. The highest BCUT2D eigenvalue weighted by molar-refractivity contribution is 4.83. The highest BCUT2D eigenvalue weighted by Gasteiger charge is 2.29. The Morgan fingerprint density at radius 3 is 2.83 bits per heavy atom. The lowest BCUT2D eigenvalue weighted by Crippen LogP contribution is -2.35. The zero-order valence-electron chi connectivity index (χ0n) is 8.29. The van der Waals surface area contributed by atoms with E-state index in [2.05, 4.69) is 18.7 Å². The minimum atomic E-state index is 0.338. The summed E-state index contributed by atoms with van der Waals surface area (Å²) in [6.07, 6.45) is 3.78. The van der Waals surface area contributed by atoms with Crippen molar-refractivity contribution >= 4 is 0 Å². The Hall–Kier alpha value is -0.0800. The maximum atomic E-state index is 9.16. The molecule has 12 heavy (non-hydrogen) atoms. The van der Waals surface area contributed by atoms with Crippen molar-refractivity contribution in [3.05, 3.63) is 0 Å². The maximum absolute atomic E-state index is 9.16. The Morgan fingerprint density at radius 1 is 1.50 bits per heavy atom. The highest BCUT2D eigenvalue weighted by Crippen LogP contribution is 2.23. The van der Waals surface area contributed by atoms with Crippen LogP contribution in [0, 0.1) is 5.92 Å². The van der Waals surface area contributed by atoms with Crippen molar-refractivity contribution in [2.45, 2.75) is 39.2 Å². The van der Waals surface area contributed by atoms with Gasteiger partial charge in [-0.2, -0.15) is 0 Å². The van der Waals surface area contributed by atoms with Crippen molar-refractivity contribution in [2.75, 3.05) is 19.7 Å². The van der Waals surface area contributed by atoms with Gasteiger partial charge in [-0.3, -0.25) is 4.90 Å². The Kier molecular flexibility index (Phi) is 4.02. The van der Waals surface area contributed by atoms with E-state index in [0.717, 1.165) is 0 Å². The van der Waals surface area contributed by atoms with Crippen LogP contribution in [0.3, 0.4) is 0 Å². The molecule has 72 valence electrons. The summed E-state index contributed by atoms with van der Waals surface area (Å²) in [7, 11) is 0. The molecule has 1 fully saturated rings. The number of aliphatic hydroxyl groups is 1. The van der Waals surface area contributed by atoms with Gasteiger partial charge in [0, 0.05) is 6.04 Å². The molecule has 0 aromatic heterocycles. The summed E-state index contributed by atoms with van der Waals surface area (Å²) in [4.78, 5) is 2.44. The van der Waals surface area contributed by atoms with Crippen molar-refractivity contribution in [3.8, 4) is 0 Å². The first kappa shape index (κ1) is 10.0. The molecular formula is C10H21NO. The number of likely N-dealkylation sites (tertiary alicyclic amines) is 1. The molecule has 0 amide bonds. The van der Waals surface area contributed by atoms with Crippen LogP contribution in [0.15, 0.2) is 0 Å². The first-order valence-electron chi connectivity index (χ1n) is 5.14. The molecule has 0 aromatic rings. The minimum absolute atomic E-state index is 0.338. The summed E-state index contributed by atoms with van der Waals surface area (Å²) >= 11 is 0. The van der Waals surface area contributed by atoms with Crippen LogP contribution in [-0.4, -0.2) is 35.7 Å². The van der Waals surface area contributed by atoms with Crippen molar-refractivity contribution in [1.29, 1.82) is 0 Å². The second-order valence-corrected chi connectivity index (χ2v) is 3.91. The molecule has 1 aliphatic rings. The van der Waals surface area contributed by atoms with Crippen LogP contribution in [0.4, 0.5) is 0 Å². The van der Waals surface area contributed by atoms with E-state index in [9.17, 15) is 0 Å². The van der Waals surface area contributed by atoms with E-state index >= 15 is 0 Å². The molecule has 2 unspecified atom stereocenters. The number of nitrogens with zero attached hydrogens (tertiary/aromatic N) is 1. The van der Waals surface area contributed by atoms with Crippen molar-refractivity contribution in [1.82, 2.24) is 4.90 Å². The van der Waals surface area contributed by atoms with Crippen LogP contribution in [0.1, 0.15) is 33.1 Å². The molecule has 2 atom stereocenters. The maximum Gasteiger partial charge on any atom is 0.0589 e. The monoisotopic (exact) mass is 171 g/mol. The summed E-state index contributed by atoms with van der Waals surface area (Å²) in [5.41, 5.74) is 0. The SMILES string of the molecule is CCCCN1CCC(C)C1CO. The topological polar surface area (TPSA) is 23.5 Å². The van der Waals surface area contributed by atoms with Gasteiger partial charge in [-0.15, -0.1) is 0 Å². The molecule has 1 heterocycles. The zero-order chi connectivity index (χ0) is 8.97. The van der Waals surface area contributed by atoms with Gasteiger partial charge in [-0.25, -0.2) is 0 Å². The Bertz CT molecular complexity index is 127. The van der Waals surface area contributed by atoms with Gasteiger partial charge >= 0.3 is 0 Å². The molecule has 0 saturated carbocycles. The zero-order valence-corrected chi connectivity index (χ0v) is 8.29. The van der Waals surface area contributed by atoms with Crippen LogP contribution in [0.25, 0.3) is 0 Å². The van der Waals surface area contributed by atoms with Crippen LogP contribution in [-0.2, 0) is 0 Å². The van der Waals surface area contributed by atoms with Crippen LogP contribution in [0.2, 0.25) is 0 Å². The Morgan fingerprint density at radius 2 is 2.25 bits per heavy atom. The summed E-state index contributed by atoms with van der Waals surface area (Å²) in [5, 5.41) is 9.16. The number of unbranched alkanes of at least 4 members (excludes halogenated alkanes) is 1. The van der Waals surface area contributed by atoms with Crippen LogP contribution < -0.4 is 0 Å². The fourth-order valence-electron chi connectivity index (χ4n) is 2.02. The molecule has 2 nitrogen and oxygen atoms in total. The molecule has 1 rings (SSSR count). The van der Waals surface area contributed by atoms with E-state index in [1.165, 1.54) is 32.4 Å². The van der Waals surface area contributed by atoms with Gasteiger partial charge in [0.25, 0.3) is 0 Å². The fourth-order valence-corrected chi connectivity index (χ4v) is 2.02. The van der Waals surface area contributed by atoms with Crippen molar-refractivity contribution in [3.63, 3.8) is 0 Å². The van der Waals surface area contributed by atoms with Gasteiger partial charge in [0.1, 0.15) is 0 Å². The minimum Gasteiger partial charge on any atom is -0.395 e. The summed E-state index contributed by atoms with van der Waals surface area (Å²) in [6, 6.07) is 0.441. The predicted octanol–water partition coefficient (Wildman–Crippen LogP) is 1.49. The van der Waals surface area contributed by atoms with E-state index in [0.29, 0.717) is 18.6 Å². The Labute approximate surface area is 75.6 Å². The van der Waals surface area contributed by atoms with Crippen molar-refractivity contribution in [2.24, 2.45) is 5.92 Å². The standard InChI is InChI=1S/C10H21NO/c1-3-4-6-11-7-5-9(2)10(11)8-12/h9-10,12H,3-8H2,1-2H3. The molecule has 1 N–H and O–H groups in total. The lowest BCUT2D eigenvalue weighted by molar-refractivity contribution is 0.138. The molecule has 2 heteroatoms. The average Bonchev–Trinajstić information content (AvgIpc) is 2.43. The number of rotatable bonds is 4. The number of aliphatic hydroxyl groups excluding tert-OH is 1. The summed E-state index contributed by atoms with van der Waals surface area (Å²) in [5.74, 6) is 0.687. The van der Waals surface area contributed by atoms with E-state index < -0.39 is 0 Å². The number of hydrogen-bond acceptors (Lipinski definition) is 2. The van der Waals surface area contributed by atoms with Gasteiger partial charge in [-0.05, 0) is 31.8 Å². The third-order valence-corrected chi connectivity index (χ3v) is 2.98. The second-order valence-electron chi connectivity index (χ2n) is 3.91. The first-order chi connectivity index (χ1) is 5.79. The Balaban J connectivity index is 2.32. The lowest BCUT2D eigenvalue weighted by Gasteiger charge is -2.24. The third-order valence-electron chi connectivity index (χ3n) is 2.98. The smallest absolute Gasteiger partial charge is 0.0589 e. The second kappa shape index (κ2) is 4.83. The van der Waals surface area contributed by atoms with Gasteiger partial charge in [0.05, 0.1) is 6.61 Å². The highest BCUT2D eigenvalue weighted by atomic mass is 16.3. The van der Waals surface area contributed by atoms with Gasteiger partial charge in [0.15, 0.2) is 0 Å². The van der Waals surface area contributed by atoms with Gasteiger partial charge < -0.3 is 5.11 Å². The van der Waals surface area contributed by atoms with Crippen LogP contribution >= 0.6 is 0 Å². The van der Waals surface area contributed by atoms with Crippen molar-refractivity contribution < 1.29 is 5.11 Å². The molecule has 0 aliphatic carbocycles. The molecule has 0 aromatic carbocycles. The average molecular weight is 171 g/mol. The van der Waals surface area contributed by atoms with E-state index in [1.54, 1.807) is 0 Å². The molecule has 1 saturated heterocycles. The molecule has 0 radical (unpaired) electrons. The first-order valence-corrected chi connectivity index (χ1v) is 5.14. The van der Waals surface area contributed by atoms with E-state index in [4.69, 9.17) is 5.11 Å². The van der Waals surface area contributed by atoms with Crippen LogP contribution in [0.5, 0.6) is 0 Å².